The van der Waals surface area contributed by atoms with E-state index in [0.29, 0.717) is 23.4 Å². The van der Waals surface area contributed by atoms with Gasteiger partial charge in [-0.1, -0.05) is 53.2 Å². The molecular formula is C19H18BrNO3. The van der Waals surface area contributed by atoms with Crippen molar-refractivity contribution < 1.29 is 14.7 Å². The summed E-state index contributed by atoms with van der Waals surface area (Å²) in [5, 5.41) is 11.3. The maximum Gasteiger partial charge on any atom is 0.264 e. The zero-order valence-electron chi connectivity index (χ0n) is 13.5. The van der Waals surface area contributed by atoms with Crippen LogP contribution in [-0.2, 0) is 10.4 Å². The topological polar surface area (TPSA) is 57.6 Å². The van der Waals surface area contributed by atoms with Gasteiger partial charge in [0.05, 0.1) is 11.6 Å². The third-order valence-electron chi connectivity index (χ3n) is 4.63. The predicted octanol–water partition coefficient (Wildman–Crippen LogP) is 3.52. The minimum Gasteiger partial charge on any atom is -0.375 e. The van der Waals surface area contributed by atoms with Crippen LogP contribution >= 0.6 is 15.9 Å². The van der Waals surface area contributed by atoms with Crippen LogP contribution in [0.1, 0.15) is 29.8 Å². The molecule has 1 aliphatic rings. The molecule has 1 amide bonds. The Balaban J connectivity index is 2.10. The fourth-order valence-electron chi connectivity index (χ4n) is 3.25. The van der Waals surface area contributed by atoms with Crippen molar-refractivity contribution in [2.75, 3.05) is 11.4 Å². The van der Waals surface area contributed by atoms with Crippen LogP contribution in [0.25, 0.3) is 0 Å². The highest BCUT2D eigenvalue weighted by molar-refractivity contribution is 9.10. The van der Waals surface area contributed by atoms with Crippen LogP contribution in [0.15, 0.2) is 53.0 Å². The summed E-state index contributed by atoms with van der Waals surface area (Å²) >= 11 is 3.38. The van der Waals surface area contributed by atoms with E-state index in [2.05, 4.69) is 15.9 Å². The SMILES string of the molecule is CCN1C(=O)[C@](O)([C@H](C)C(=O)c2ccccc2)c2cc(Br)ccc21. The first-order valence-corrected chi connectivity index (χ1v) is 8.64. The monoisotopic (exact) mass is 387 g/mol. The lowest BCUT2D eigenvalue weighted by Crippen LogP contribution is -2.47. The first-order chi connectivity index (χ1) is 11.4. The van der Waals surface area contributed by atoms with Gasteiger partial charge in [0.2, 0.25) is 0 Å². The number of Topliss-reactive ketones (excluding diaryl/α,β-unsaturated/α-hetero) is 1. The molecule has 0 spiro atoms. The quantitative estimate of drug-likeness (QED) is 0.816. The van der Waals surface area contributed by atoms with Gasteiger partial charge in [0.1, 0.15) is 0 Å². The van der Waals surface area contributed by atoms with E-state index in [0.717, 1.165) is 4.47 Å². The summed E-state index contributed by atoms with van der Waals surface area (Å²) < 4.78 is 0.754. The fourth-order valence-corrected chi connectivity index (χ4v) is 3.61. The number of amides is 1. The van der Waals surface area contributed by atoms with Gasteiger partial charge in [-0.05, 0) is 25.1 Å². The fraction of sp³-hybridized carbons (Fsp3) is 0.263. The second-order valence-electron chi connectivity index (χ2n) is 5.93. The molecule has 1 N–H and O–H groups in total. The summed E-state index contributed by atoms with van der Waals surface area (Å²) in [5.74, 6) is -1.60. The number of rotatable bonds is 4. The van der Waals surface area contributed by atoms with Crippen molar-refractivity contribution in [3.63, 3.8) is 0 Å². The standard InChI is InChI=1S/C19H18BrNO3/c1-3-21-16-10-9-14(20)11-15(16)19(24,18(21)23)12(2)17(22)13-7-5-4-6-8-13/h4-12,24H,3H2,1-2H3/t12-,19+/m1/s1. The highest BCUT2D eigenvalue weighted by Crippen LogP contribution is 2.46. The van der Waals surface area contributed by atoms with Gasteiger partial charge < -0.3 is 10.0 Å². The molecule has 0 bridgehead atoms. The Morgan fingerprint density at radius 1 is 1.25 bits per heavy atom. The molecule has 0 saturated heterocycles. The minimum absolute atomic E-state index is 0.254. The zero-order valence-corrected chi connectivity index (χ0v) is 15.1. The molecular weight excluding hydrogens is 370 g/mol. The Bertz CT molecular complexity index is 806. The number of likely N-dealkylation sites (N-methyl/N-ethyl adjacent to an activating group) is 1. The highest BCUT2D eigenvalue weighted by Gasteiger charge is 2.55. The van der Waals surface area contributed by atoms with Crippen molar-refractivity contribution in [3.05, 3.63) is 64.1 Å². The average molecular weight is 388 g/mol. The van der Waals surface area contributed by atoms with E-state index in [1.165, 1.54) is 4.90 Å². The normalized spacial score (nSPS) is 20.8. The molecule has 5 heteroatoms. The summed E-state index contributed by atoms with van der Waals surface area (Å²) in [7, 11) is 0. The smallest absolute Gasteiger partial charge is 0.264 e. The number of anilines is 1. The van der Waals surface area contributed by atoms with E-state index in [9.17, 15) is 14.7 Å². The van der Waals surface area contributed by atoms with E-state index in [1.807, 2.05) is 19.1 Å². The van der Waals surface area contributed by atoms with E-state index >= 15 is 0 Å². The summed E-state index contributed by atoms with van der Waals surface area (Å²) in [6, 6.07) is 14.1. The molecule has 124 valence electrons. The number of hydrogen-bond donors (Lipinski definition) is 1. The lowest BCUT2D eigenvalue weighted by Gasteiger charge is -2.28. The maximum absolute atomic E-state index is 12.9. The van der Waals surface area contributed by atoms with Gasteiger partial charge in [0, 0.05) is 22.1 Å². The molecule has 0 unspecified atom stereocenters. The van der Waals surface area contributed by atoms with Crippen molar-refractivity contribution in [2.24, 2.45) is 5.92 Å². The van der Waals surface area contributed by atoms with E-state index < -0.39 is 17.4 Å². The largest absolute Gasteiger partial charge is 0.375 e. The van der Waals surface area contributed by atoms with Gasteiger partial charge in [0.25, 0.3) is 5.91 Å². The lowest BCUT2D eigenvalue weighted by molar-refractivity contribution is -0.139. The zero-order chi connectivity index (χ0) is 17.5. The first kappa shape index (κ1) is 16.9. The summed E-state index contributed by atoms with van der Waals surface area (Å²) in [6.07, 6.45) is 0. The number of fused-ring (bicyclic) bond motifs is 1. The summed E-state index contributed by atoms with van der Waals surface area (Å²) in [4.78, 5) is 27.3. The first-order valence-electron chi connectivity index (χ1n) is 7.84. The molecule has 0 aliphatic carbocycles. The summed E-state index contributed by atoms with van der Waals surface area (Å²) in [5.41, 5.74) is -0.249. The van der Waals surface area contributed by atoms with Gasteiger partial charge in [-0.3, -0.25) is 9.59 Å². The van der Waals surface area contributed by atoms with E-state index in [-0.39, 0.29) is 5.78 Å². The Morgan fingerprint density at radius 2 is 1.92 bits per heavy atom. The number of benzene rings is 2. The van der Waals surface area contributed by atoms with Crippen molar-refractivity contribution in [1.82, 2.24) is 0 Å². The average Bonchev–Trinajstić information content (AvgIpc) is 2.82. The van der Waals surface area contributed by atoms with Crippen molar-refractivity contribution >= 4 is 33.3 Å². The Kier molecular flexibility index (Phi) is 4.32. The van der Waals surface area contributed by atoms with Crippen molar-refractivity contribution in [3.8, 4) is 0 Å². The van der Waals surface area contributed by atoms with Crippen molar-refractivity contribution in [1.29, 1.82) is 0 Å². The molecule has 2 atom stereocenters. The highest BCUT2D eigenvalue weighted by atomic mass is 79.9. The second kappa shape index (κ2) is 6.15. The van der Waals surface area contributed by atoms with Crippen molar-refractivity contribution in [2.45, 2.75) is 19.4 Å². The van der Waals surface area contributed by atoms with Gasteiger partial charge in [-0.25, -0.2) is 0 Å². The molecule has 0 aromatic heterocycles. The van der Waals surface area contributed by atoms with Gasteiger partial charge in [0.15, 0.2) is 11.4 Å². The van der Waals surface area contributed by atoms with E-state index in [4.69, 9.17) is 0 Å². The molecule has 0 saturated carbocycles. The molecule has 0 radical (unpaired) electrons. The van der Waals surface area contributed by atoms with Crippen LogP contribution in [0, 0.1) is 5.92 Å². The minimum atomic E-state index is -1.86. The molecule has 0 fully saturated rings. The summed E-state index contributed by atoms with van der Waals surface area (Å²) in [6.45, 7) is 3.89. The third kappa shape index (κ3) is 2.39. The molecule has 2 aromatic carbocycles. The number of halogens is 1. The van der Waals surface area contributed by atoms with Gasteiger partial charge in [-0.2, -0.15) is 0 Å². The van der Waals surface area contributed by atoms with E-state index in [1.54, 1.807) is 43.3 Å². The number of carbonyl (C=O) groups excluding carboxylic acids is 2. The molecule has 24 heavy (non-hydrogen) atoms. The molecule has 1 heterocycles. The third-order valence-corrected chi connectivity index (χ3v) is 5.12. The van der Waals surface area contributed by atoms with Crippen LogP contribution in [0.4, 0.5) is 5.69 Å². The number of aliphatic hydroxyl groups is 1. The Morgan fingerprint density at radius 3 is 2.54 bits per heavy atom. The molecule has 1 aliphatic heterocycles. The van der Waals surface area contributed by atoms with Crippen LogP contribution in [0.2, 0.25) is 0 Å². The maximum atomic E-state index is 12.9. The molecule has 4 nitrogen and oxygen atoms in total. The van der Waals surface area contributed by atoms with Crippen LogP contribution < -0.4 is 4.90 Å². The van der Waals surface area contributed by atoms with Crippen LogP contribution in [-0.4, -0.2) is 23.3 Å². The number of carbonyl (C=O) groups is 2. The Labute approximate surface area is 149 Å². The van der Waals surface area contributed by atoms with Crippen LogP contribution in [0.3, 0.4) is 0 Å². The molecule has 3 rings (SSSR count). The van der Waals surface area contributed by atoms with Gasteiger partial charge in [-0.15, -0.1) is 0 Å². The lowest BCUT2D eigenvalue weighted by atomic mass is 9.79. The van der Waals surface area contributed by atoms with Gasteiger partial charge >= 0.3 is 0 Å². The van der Waals surface area contributed by atoms with Crippen LogP contribution in [0.5, 0.6) is 0 Å². The second-order valence-corrected chi connectivity index (χ2v) is 6.84. The number of hydrogen-bond acceptors (Lipinski definition) is 3. The number of ketones is 1. The Hall–Kier alpha value is -1.98. The number of nitrogens with zero attached hydrogens (tertiary/aromatic N) is 1. The molecule has 2 aromatic rings. The predicted molar refractivity (Wildman–Crippen MR) is 96.0 cm³/mol.